The van der Waals surface area contributed by atoms with Gasteiger partial charge in [-0.1, -0.05) is 58.2 Å². The molecule has 13 nitrogen and oxygen atoms in total. The van der Waals surface area contributed by atoms with Gasteiger partial charge in [0.2, 0.25) is 23.5 Å². The van der Waals surface area contributed by atoms with Gasteiger partial charge in [0.15, 0.2) is 0 Å². The van der Waals surface area contributed by atoms with E-state index in [2.05, 4.69) is 20.9 Å². The first-order chi connectivity index (χ1) is 21.6. The van der Waals surface area contributed by atoms with Crippen molar-refractivity contribution in [1.29, 1.82) is 0 Å². The second-order valence-electron chi connectivity index (χ2n) is 13.8. The summed E-state index contributed by atoms with van der Waals surface area (Å²) in [7, 11) is 0. The van der Waals surface area contributed by atoms with E-state index in [-0.39, 0.29) is 30.8 Å². The molecule has 5 N–H and O–H groups in total. The minimum atomic E-state index is -1.11. The minimum Gasteiger partial charge on any atom is -0.368 e. The fourth-order valence-corrected chi connectivity index (χ4v) is 6.23. The minimum absolute atomic E-state index is 0.0140. The summed E-state index contributed by atoms with van der Waals surface area (Å²) >= 11 is 6.11. The molecule has 2 heterocycles. The van der Waals surface area contributed by atoms with Gasteiger partial charge in [0.05, 0.1) is 12.6 Å². The van der Waals surface area contributed by atoms with Gasteiger partial charge in [-0.2, -0.15) is 0 Å². The van der Waals surface area contributed by atoms with E-state index in [0.717, 1.165) is 18.5 Å². The van der Waals surface area contributed by atoms with E-state index in [1.54, 1.807) is 25.7 Å². The summed E-state index contributed by atoms with van der Waals surface area (Å²) in [5.74, 6) is -2.96. The number of benzene rings is 1. The second-order valence-corrected chi connectivity index (χ2v) is 14.2. The molecule has 4 rings (SSSR count). The molecular weight excluding hydrogens is 614 g/mol. The zero-order valence-corrected chi connectivity index (χ0v) is 27.8. The maximum absolute atomic E-state index is 13.9. The fraction of sp³-hybridized carbons (Fsp3) is 0.625. The van der Waals surface area contributed by atoms with Crippen molar-refractivity contribution in [3.8, 4) is 0 Å². The third-order valence-corrected chi connectivity index (χ3v) is 9.07. The highest BCUT2D eigenvalue weighted by Gasteiger charge is 2.45. The van der Waals surface area contributed by atoms with E-state index in [4.69, 9.17) is 17.3 Å². The first-order valence-electron chi connectivity index (χ1n) is 15.9. The number of piperazine rings is 1. The molecule has 1 aromatic carbocycles. The third-order valence-electron chi connectivity index (χ3n) is 8.83. The highest BCUT2D eigenvalue weighted by atomic mass is 35.5. The SMILES string of the molecule is C[C@@H]1CC(C(=O)NC(CC2CC2)C(=O)C(N)=O)N(C(=O)[C@@H](NC(=O)NCC(=O)N2CCN(c3cccc(Cl)c3)CC2)C(C)(C)C)C1. The number of anilines is 1. The zero-order valence-electron chi connectivity index (χ0n) is 27.0. The van der Waals surface area contributed by atoms with E-state index in [1.807, 2.05) is 31.2 Å². The third kappa shape index (κ3) is 9.11. The van der Waals surface area contributed by atoms with Crippen molar-refractivity contribution in [2.45, 2.75) is 71.5 Å². The molecule has 2 saturated heterocycles. The van der Waals surface area contributed by atoms with Crippen LogP contribution < -0.4 is 26.6 Å². The Morgan fingerprint density at radius 3 is 2.28 bits per heavy atom. The Bertz CT molecular complexity index is 1340. The number of carbonyl (C=O) groups is 6. The zero-order chi connectivity index (χ0) is 33.8. The lowest BCUT2D eigenvalue weighted by molar-refractivity contribution is -0.143. The van der Waals surface area contributed by atoms with Crippen LogP contribution in [0.3, 0.4) is 0 Å². The molecule has 252 valence electrons. The van der Waals surface area contributed by atoms with Gasteiger partial charge in [-0.25, -0.2) is 4.79 Å². The number of primary amides is 1. The van der Waals surface area contributed by atoms with Gasteiger partial charge in [-0.15, -0.1) is 0 Å². The van der Waals surface area contributed by atoms with Gasteiger partial charge >= 0.3 is 6.03 Å². The Kier molecular flexibility index (Phi) is 11.2. The second kappa shape index (κ2) is 14.7. The Morgan fingerprint density at radius 2 is 1.70 bits per heavy atom. The Morgan fingerprint density at radius 1 is 1.02 bits per heavy atom. The lowest BCUT2D eigenvalue weighted by atomic mass is 9.85. The van der Waals surface area contributed by atoms with Gasteiger partial charge < -0.3 is 36.4 Å². The van der Waals surface area contributed by atoms with Gasteiger partial charge in [0, 0.05) is 43.4 Å². The number of carbonyl (C=O) groups excluding carboxylic acids is 6. The predicted molar refractivity (Wildman–Crippen MR) is 173 cm³/mol. The lowest BCUT2D eigenvalue weighted by Crippen LogP contribution is -2.60. The first-order valence-corrected chi connectivity index (χ1v) is 16.3. The highest BCUT2D eigenvalue weighted by Crippen LogP contribution is 2.34. The van der Waals surface area contributed by atoms with Crippen molar-refractivity contribution in [2.24, 2.45) is 23.0 Å². The van der Waals surface area contributed by atoms with Crippen molar-refractivity contribution in [3.05, 3.63) is 29.3 Å². The number of hydrogen-bond acceptors (Lipinski definition) is 7. The summed E-state index contributed by atoms with van der Waals surface area (Å²) < 4.78 is 0. The summed E-state index contributed by atoms with van der Waals surface area (Å²) in [4.78, 5) is 82.6. The van der Waals surface area contributed by atoms with Crippen LogP contribution in [-0.2, 0) is 24.0 Å². The summed E-state index contributed by atoms with van der Waals surface area (Å²) in [6.07, 6.45) is 2.51. The molecule has 46 heavy (non-hydrogen) atoms. The molecule has 3 fully saturated rings. The van der Waals surface area contributed by atoms with Crippen LogP contribution in [0, 0.1) is 17.3 Å². The molecule has 4 atom stereocenters. The van der Waals surface area contributed by atoms with Crippen molar-refractivity contribution in [2.75, 3.05) is 44.2 Å². The maximum Gasteiger partial charge on any atom is 0.315 e. The van der Waals surface area contributed by atoms with E-state index < -0.39 is 53.1 Å². The number of Topliss-reactive ketones (excluding diaryl/α,β-unsaturated/α-hetero) is 1. The first kappa shape index (κ1) is 35.0. The molecule has 14 heteroatoms. The number of hydrogen-bond donors (Lipinski definition) is 4. The van der Waals surface area contributed by atoms with E-state index in [1.165, 1.54) is 4.90 Å². The molecule has 0 radical (unpaired) electrons. The number of nitrogens with one attached hydrogen (secondary N) is 3. The molecule has 2 unspecified atom stereocenters. The molecule has 3 aliphatic rings. The summed E-state index contributed by atoms with van der Waals surface area (Å²) in [6.45, 7) is 9.57. The van der Waals surface area contributed by atoms with Crippen LogP contribution in [0.1, 0.15) is 53.4 Å². The molecule has 0 spiro atoms. The van der Waals surface area contributed by atoms with Crippen LogP contribution >= 0.6 is 11.6 Å². The normalized spacial score (nSPS) is 21.3. The van der Waals surface area contributed by atoms with Crippen LogP contribution in [0.15, 0.2) is 24.3 Å². The summed E-state index contributed by atoms with van der Waals surface area (Å²) in [5.41, 5.74) is 5.48. The molecular formula is C32H46ClN7O6. The van der Waals surface area contributed by atoms with Crippen molar-refractivity contribution in [1.82, 2.24) is 25.8 Å². The quantitative estimate of drug-likeness (QED) is 0.259. The van der Waals surface area contributed by atoms with Gasteiger partial charge in [-0.05, 0) is 48.3 Å². The number of urea groups is 1. The Labute approximate surface area is 274 Å². The predicted octanol–water partition coefficient (Wildman–Crippen LogP) is 1.28. The van der Waals surface area contributed by atoms with Crippen LogP contribution in [0.5, 0.6) is 0 Å². The number of rotatable bonds is 11. The lowest BCUT2D eigenvalue weighted by Gasteiger charge is -2.36. The smallest absolute Gasteiger partial charge is 0.315 e. The van der Waals surface area contributed by atoms with Crippen LogP contribution in [-0.4, -0.2) is 103 Å². The van der Waals surface area contributed by atoms with Gasteiger partial charge in [0.1, 0.15) is 12.1 Å². The fourth-order valence-electron chi connectivity index (χ4n) is 6.05. The highest BCUT2D eigenvalue weighted by molar-refractivity contribution is 6.37. The van der Waals surface area contributed by atoms with Crippen LogP contribution in [0.25, 0.3) is 0 Å². The molecule has 6 amide bonds. The van der Waals surface area contributed by atoms with Crippen molar-refractivity contribution in [3.63, 3.8) is 0 Å². The standard InChI is InChI=1S/C32H46ClN7O6/c1-19-14-24(29(44)36-23(15-20-8-9-20)26(42)28(34)43)40(18-19)30(45)27(32(2,3)4)37-31(46)35-17-25(41)39-12-10-38(11-13-39)22-7-5-6-21(33)16-22/h5-7,16,19-20,23-24,27H,8-15,17-18H2,1-4H3,(H2,34,43)(H,36,44)(H2,35,37,46)/t19-,23?,24?,27-/m1/s1. The van der Waals surface area contributed by atoms with Crippen LogP contribution in [0.4, 0.5) is 10.5 Å². The molecule has 1 aliphatic carbocycles. The van der Waals surface area contributed by atoms with E-state index >= 15 is 0 Å². The molecule has 2 aliphatic heterocycles. The largest absolute Gasteiger partial charge is 0.368 e. The number of ketones is 1. The average Bonchev–Trinajstić information content (AvgIpc) is 3.74. The molecule has 0 bridgehead atoms. The van der Waals surface area contributed by atoms with Gasteiger partial charge in [-0.3, -0.25) is 24.0 Å². The van der Waals surface area contributed by atoms with Crippen molar-refractivity contribution >= 4 is 52.7 Å². The Balaban J connectivity index is 1.33. The number of nitrogens with two attached hydrogens (primary N) is 1. The van der Waals surface area contributed by atoms with E-state index in [0.29, 0.717) is 44.0 Å². The number of nitrogens with zero attached hydrogens (tertiary/aromatic N) is 3. The van der Waals surface area contributed by atoms with Gasteiger partial charge in [0.25, 0.3) is 5.91 Å². The van der Waals surface area contributed by atoms with Crippen molar-refractivity contribution < 1.29 is 28.8 Å². The molecule has 1 aromatic rings. The summed E-state index contributed by atoms with van der Waals surface area (Å²) in [6, 6.07) is 3.93. The topological polar surface area (TPSA) is 174 Å². The number of halogens is 1. The molecule has 1 saturated carbocycles. The maximum atomic E-state index is 13.9. The summed E-state index contributed by atoms with van der Waals surface area (Å²) in [5, 5.41) is 8.64. The monoisotopic (exact) mass is 659 g/mol. The molecule has 0 aromatic heterocycles. The number of amides is 6. The van der Waals surface area contributed by atoms with E-state index in [9.17, 15) is 28.8 Å². The van der Waals surface area contributed by atoms with Crippen LogP contribution in [0.2, 0.25) is 5.02 Å². The average molecular weight is 660 g/mol. The Hall–Kier alpha value is -3.87. The number of likely N-dealkylation sites (tertiary alicyclic amines) is 1.